The SMILES string of the molecule is Cn1cc([C@H]2C[C@@H]2c2cc(-c3c[nH]c(=O)[nH]c3=O)nn3ccnc23)ccc1=O. The third-order valence-corrected chi connectivity index (χ3v) is 5.21. The zero-order chi connectivity index (χ0) is 19.4. The van der Waals surface area contributed by atoms with Crippen LogP contribution in [0.15, 0.2) is 57.4 Å². The van der Waals surface area contributed by atoms with Crippen LogP contribution in [-0.2, 0) is 7.05 Å². The average Bonchev–Trinajstić information content (AvgIpc) is 3.31. The molecule has 28 heavy (non-hydrogen) atoms. The number of aryl methyl sites for hydroxylation is 1. The minimum Gasteiger partial charge on any atom is -0.318 e. The largest absolute Gasteiger partial charge is 0.325 e. The standard InChI is InChI=1S/C19H16N6O3/c1-24-9-10(2-3-16(24)26)11-6-12(11)13-7-15(23-25-5-4-20-17(13)25)14-8-21-19(28)22-18(14)27/h2-5,7-9,11-12H,6H2,1H3,(H2,21,22,27,28)/t11-,12+/m1/s1. The van der Waals surface area contributed by atoms with Crippen molar-refractivity contribution in [3.63, 3.8) is 0 Å². The second kappa shape index (κ2) is 5.88. The highest BCUT2D eigenvalue weighted by atomic mass is 16.2. The molecule has 4 aromatic heterocycles. The Morgan fingerprint density at radius 3 is 2.82 bits per heavy atom. The number of pyridine rings is 1. The van der Waals surface area contributed by atoms with Gasteiger partial charge in [0.1, 0.15) is 0 Å². The van der Waals surface area contributed by atoms with E-state index in [0.717, 1.165) is 23.2 Å². The van der Waals surface area contributed by atoms with Gasteiger partial charge in [-0.15, -0.1) is 0 Å². The number of aromatic nitrogens is 6. The van der Waals surface area contributed by atoms with Gasteiger partial charge in [0.05, 0.1) is 11.3 Å². The number of rotatable bonds is 3. The maximum atomic E-state index is 12.2. The van der Waals surface area contributed by atoms with Crippen LogP contribution in [-0.4, -0.2) is 29.1 Å². The Hall–Kier alpha value is -3.75. The molecule has 4 heterocycles. The van der Waals surface area contributed by atoms with E-state index in [1.54, 1.807) is 34.6 Å². The summed E-state index contributed by atoms with van der Waals surface area (Å²) >= 11 is 0. The number of hydrogen-bond acceptors (Lipinski definition) is 5. The fourth-order valence-electron chi connectivity index (χ4n) is 3.69. The van der Waals surface area contributed by atoms with E-state index >= 15 is 0 Å². The molecule has 0 aromatic carbocycles. The fraction of sp³-hybridized carbons (Fsp3) is 0.211. The molecule has 2 N–H and O–H groups in total. The van der Waals surface area contributed by atoms with Gasteiger partial charge in [0.2, 0.25) is 5.56 Å². The third-order valence-electron chi connectivity index (χ3n) is 5.21. The molecular formula is C19H16N6O3. The predicted octanol–water partition coefficient (Wildman–Crippen LogP) is 0.743. The first-order valence-electron chi connectivity index (χ1n) is 8.84. The summed E-state index contributed by atoms with van der Waals surface area (Å²) in [4.78, 5) is 44.3. The lowest BCUT2D eigenvalue weighted by molar-refractivity contribution is 0.834. The van der Waals surface area contributed by atoms with Crippen LogP contribution in [0.5, 0.6) is 0 Å². The summed E-state index contributed by atoms with van der Waals surface area (Å²) in [5, 5.41) is 4.46. The Labute approximate surface area is 157 Å². The van der Waals surface area contributed by atoms with Crippen molar-refractivity contribution in [3.05, 3.63) is 85.3 Å². The van der Waals surface area contributed by atoms with Crippen molar-refractivity contribution < 1.29 is 0 Å². The number of imidazole rings is 1. The maximum Gasteiger partial charge on any atom is 0.325 e. The molecule has 0 unspecified atom stereocenters. The highest BCUT2D eigenvalue weighted by Gasteiger charge is 2.41. The molecule has 1 aliphatic rings. The second-order valence-corrected chi connectivity index (χ2v) is 7.03. The van der Waals surface area contributed by atoms with E-state index in [0.29, 0.717) is 5.69 Å². The van der Waals surface area contributed by atoms with E-state index in [4.69, 9.17) is 0 Å². The van der Waals surface area contributed by atoms with Gasteiger partial charge in [-0.1, -0.05) is 6.07 Å². The molecule has 0 amide bonds. The second-order valence-electron chi connectivity index (χ2n) is 7.03. The van der Waals surface area contributed by atoms with Crippen LogP contribution in [0.25, 0.3) is 16.9 Å². The summed E-state index contributed by atoms with van der Waals surface area (Å²) in [5.41, 5.74) is 2.47. The number of fused-ring (bicyclic) bond motifs is 1. The molecule has 140 valence electrons. The van der Waals surface area contributed by atoms with Crippen LogP contribution in [0, 0.1) is 0 Å². The van der Waals surface area contributed by atoms with Gasteiger partial charge in [-0.25, -0.2) is 14.3 Å². The van der Waals surface area contributed by atoms with Gasteiger partial charge in [-0.05, 0) is 29.9 Å². The van der Waals surface area contributed by atoms with E-state index in [2.05, 4.69) is 20.1 Å². The predicted molar refractivity (Wildman–Crippen MR) is 101 cm³/mol. The Bertz CT molecular complexity index is 1390. The molecule has 9 heteroatoms. The molecule has 0 aliphatic heterocycles. The topological polar surface area (TPSA) is 118 Å². The number of H-pyrrole nitrogens is 2. The monoisotopic (exact) mass is 376 g/mol. The molecular weight excluding hydrogens is 360 g/mol. The number of aromatic amines is 2. The van der Waals surface area contributed by atoms with Crippen molar-refractivity contribution in [1.29, 1.82) is 0 Å². The zero-order valence-electron chi connectivity index (χ0n) is 14.9. The highest BCUT2D eigenvalue weighted by molar-refractivity contribution is 5.63. The molecule has 0 spiro atoms. The van der Waals surface area contributed by atoms with Crippen molar-refractivity contribution in [3.8, 4) is 11.3 Å². The molecule has 1 fully saturated rings. The lowest BCUT2D eigenvalue weighted by atomic mass is 10.1. The highest BCUT2D eigenvalue weighted by Crippen LogP contribution is 2.55. The van der Waals surface area contributed by atoms with Crippen LogP contribution < -0.4 is 16.8 Å². The van der Waals surface area contributed by atoms with Gasteiger partial charge in [-0.2, -0.15) is 5.10 Å². The van der Waals surface area contributed by atoms with E-state index in [9.17, 15) is 14.4 Å². The van der Waals surface area contributed by atoms with Crippen LogP contribution in [0.4, 0.5) is 0 Å². The Balaban J connectivity index is 1.61. The van der Waals surface area contributed by atoms with E-state index in [1.165, 1.54) is 6.20 Å². The summed E-state index contributed by atoms with van der Waals surface area (Å²) in [5.74, 6) is 0.488. The zero-order valence-corrected chi connectivity index (χ0v) is 14.9. The molecule has 1 aliphatic carbocycles. The Morgan fingerprint density at radius 2 is 2.04 bits per heavy atom. The van der Waals surface area contributed by atoms with Crippen molar-refractivity contribution in [2.24, 2.45) is 7.05 Å². The molecule has 4 aromatic rings. The molecule has 9 nitrogen and oxygen atoms in total. The first-order chi connectivity index (χ1) is 13.5. The number of nitrogens with one attached hydrogen (secondary N) is 2. The Kier molecular flexibility index (Phi) is 3.45. The third kappa shape index (κ3) is 2.59. The van der Waals surface area contributed by atoms with Gasteiger partial charge in [-0.3, -0.25) is 14.6 Å². The molecule has 0 bridgehead atoms. The van der Waals surface area contributed by atoms with Crippen molar-refractivity contribution in [2.45, 2.75) is 18.3 Å². The Morgan fingerprint density at radius 1 is 1.18 bits per heavy atom. The van der Waals surface area contributed by atoms with Crippen molar-refractivity contribution in [2.75, 3.05) is 0 Å². The summed E-state index contributed by atoms with van der Waals surface area (Å²) < 4.78 is 3.22. The van der Waals surface area contributed by atoms with E-state index < -0.39 is 11.2 Å². The maximum absolute atomic E-state index is 12.2. The van der Waals surface area contributed by atoms with Crippen molar-refractivity contribution >= 4 is 5.65 Å². The van der Waals surface area contributed by atoms with Crippen molar-refractivity contribution in [1.82, 2.24) is 29.1 Å². The van der Waals surface area contributed by atoms with Gasteiger partial charge in [0.25, 0.3) is 5.56 Å². The minimum absolute atomic E-state index is 0.0416. The summed E-state index contributed by atoms with van der Waals surface area (Å²) in [6.07, 6.45) is 7.55. The quantitative estimate of drug-likeness (QED) is 0.547. The summed E-state index contributed by atoms with van der Waals surface area (Å²) in [6, 6.07) is 5.30. The van der Waals surface area contributed by atoms with Crippen LogP contribution in [0.1, 0.15) is 29.4 Å². The van der Waals surface area contributed by atoms with E-state index in [1.807, 2.05) is 18.3 Å². The molecule has 0 saturated heterocycles. The summed E-state index contributed by atoms with van der Waals surface area (Å²) in [6.45, 7) is 0. The van der Waals surface area contributed by atoms with Gasteiger partial charge in [0.15, 0.2) is 5.65 Å². The van der Waals surface area contributed by atoms with Crippen LogP contribution in [0.3, 0.4) is 0 Å². The minimum atomic E-state index is -0.561. The average molecular weight is 376 g/mol. The van der Waals surface area contributed by atoms with Gasteiger partial charge < -0.3 is 9.55 Å². The molecule has 0 radical (unpaired) electrons. The lowest BCUT2D eigenvalue weighted by Crippen LogP contribution is -2.23. The molecule has 1 saturated carbocycles. The fourth-order valence-corrected chi connectivity index (χ4v) is 3.69. The number of nitrogens with zero attached hydrogens (tertiary/aromatic N) is 4. The lowest BCUT2D eigenvalue weighted by Gasteiger charge is -2.08. The number of hydrogen-bond donors (Lipinski definition) is 2. The normalized spacial score (nSPS) is 18.5. The van der Waals surface area contributed by atoms with Gasteiger partial charge in [0, 0.05) is 43.5 Å². The molecule has 5 rings (SSSR count). The van der Waals surface area contributed by atoms with Crippen LogP contribution in [0.2, 0.25) is 0 Å². The summed E-state index contributed by atoms with van der Waals surface area (Å²) in [7, 11) is 1.74. The van der Waals surface area contributed by atoms with Crippen LogP contribution >= 0.6 is 0 Å². The van der Waals surface area contributed by atoms with E-state index in [-0.39, 0.29) is 23.0 Å². The smallest absolute Gasteiger partial charge is 0.318 e. The van der Waals surface area contributed by atoms with Gasteiger partial charge >= 0.3 is 5.69 Å². The first-order valence-corrected chi connectivity index (χ1v) is 8.84. The molecule has 2 atom stereocenters. The first kappa shape index (κ1) is 16.4.